The number of nitrogens with zero attached hydrogens (tertiary/aromatic N) is 3. The molecule has 136 valence electrons. The van der Waals surface area contributed by atoms with Crippen molar-refractivity contribution in [2.24, 2.45) is 0 Å². The molecule has 2 heterocycles. The first-order chi connectivity index (χ1) is 12.0. The van der Waals surface area contributed by atoms with Crippen molar-refractivity contribution in [1.82, 2.24) is 20.2 Å². The van der Waals surface area contributed by atoms with Crippen LogP contribution in [0.3, 0.4) is 0 Å². The number of pyridine rings is 1. The van der Waals surface area contributed by atoms with Crippen LogP contribution in [0, 0.1) is 6.92 Å². The topological polar surface area (TPSA) is 70.2 Å². The monoisotopic (exact) mass is 381 g/mol. The van der Waals surface area contributed by atoms with Crippen molar-refractivity contribution in [1.29, 1.82) is 0 Å². The van der Waals surface area contributed by atoms with E-state index in [4.69, 9.17) is 11.6 Å². The Hall–Kier alpha value is -1.70. The van der Waals surface area contributed by atoms with Crippen molar-refractivity contribution in [2.45, 2.75) is 27.2 Å². The van der Waals surface area contributed by atoms with Crippen LogP contribution >= 0.6 is 22.9 Å². The van der Waals surface area contributed by atoms with E-state index < -0.39 is 0 Å². The third-order valence-corrected chi connectivity index (χ3v) is 5.09. The highest BCUT2D eigenvalue weighted by Crippen LogP contribution is 2.25. The molecule has 2 aromatic rings. The van der Waals surface area contributed by atoms with Gasteiger partial charge in [0, 0.05) is 12.7 Å². The summed E-state index contributed by atoms with van der Waals surface area (Å²) in [5.74, 6) is 0.566. The van der Waals surface area contributed by atoms with Crippen LogP contribution in [0.25, 0.3) is 0 Å². The predicted molar refractivity (Wildman–Crippen MR) is 104 cm³/mol. The molecule has 2 N–H and O–H groups in total. The molecule has 2 rings (SSSR count). The third kappa shape index (κ3) is 5.95. The summed E-state index contributed by atoms with van der Waals surface area (Å²) in [5, 5.41) is 7.28. The molecule has 0 bridgehead atoms. The summed E-state index contributed by atoms with van der Waals surface area (Å²) >= 11 is 7.15. The Morgan fingerprint density at radius 2 is 2.08 bits per heavy atom. The second-order valence-corrected chi connectivity index (χ2v) is 6.99. The third-order valence-electron chi connectivity index (χ3n) is 3.80. The number of amides is 1. The maximum atomic E-state index is 12.3. The molecule has 25 heavy (non-hydrogen) atoms. The fraction of sp³-hybridized carbons (Fsp3) is 0.471. The van der Waals surface area contributed by atoms with Crippen LogP contribution in [0.15, 0.2) is 18.3 Å². The first-order valence-corrected chi connectivity index (χ1v) is 9.59. The molecule has 8 heteroatoms. The molecule has 0 spiro atoms. The lowest BCUT2D eigenvalue weighted by Crippen LogP contribution is -2.29. The minimum absolute atomic E-state index is 0.0772. The van der Waals surface area contributed by atoms with Crippen LogP contribution in [0.4, 0.5) is 10.9 Å². The first kappa shape index (κ1) is 19.6. The van der Waals surface area contributed by atoms with E-state index in [2.05, 4.69) is 39.3 Å². The fourth-order valence-electron chi connectivity index (χ4n) is 2.34. The standard InChI is InChI=1S/C17H24ClN5OS/c1-4-23(5-2)10-6-9-19-16(24)15-12(3)21-17(25-15)22-14-8-7-13(18)11-20-14/h7-8,11H,4-6,9-10H2,1-3H3,(H,19,24)(H,20,21,22). The maximum Gasteiger partial charge on any atom is 0.263 e. The highest BCUT2D eigenvalue weighted by Gasteiger charge is 2.15. The molecular weight excluding hydrogens is 358 g/mol. The molecule has 0 radical (unpaired) electrons. The van der Waals surface area contributed by atoms with E-state index >= 15 is 0 Å². The van der Waals surface area contributed by atoms with Crippen LogP contribution in [0.2, 0.25) is 5.02 Å². The van der Waals surface area contributed by atoms with Gasteiger partial charge in [0.1, 0.15) is 10.7 Å². The number of hydrogen-bond acceptors (Lipinski definition) is 6. The van der Waals surface area contributed by atoms with E-state index in [-0.39, 0.29) is 5.91 Å². The summed E-state index contributed by atoms with van der Waals surface area (Å²) in [5.41, 5.74) is 0.711. The van der Waals surface area contributed by atoms with Crippen LogP contribution in [0.5, 0.6) is 0 Å². The van der Waals surface area contributed by atoms with Crippen molar-refractivity contribution in [3.8, 4) is 0 Å². The van der Waals surface area contributed by atoms with Gasteiger partial charge in [-0.05, 0) is 45.1 Å². The fourth-order valence-corrected chi connectivity index (χ4v) is 3.35. The van der Waals surface area contributed by atoms with Gasteiger partial charge < -0.3 is 15.5 Å². The molecule has 1 amide bonds. The Kier molecular flexibility index (Phi) is 7.61. The average Bonchev–Trinajstić information content (AvgIpc) is 2.97. The van der Waals surface area contributed by atoms with E-state index in [1.807, 2.05) is 6.92 Å². The van der Waals surface area contributed by atoms with Crippen molar-refractivity contribution in [2.75, 3.05) is 31.5 Å². The number of rotatable bonds is 9. The van der Waals surface area contributed by atoms with Gasteiger partial charge in [0.15, 0.2) is 5.13 Å². The van der Waals surface area contributed by atoms with Gasteiger partial charge in [-0.1, -0.05) is 36.8 Å². The van der Waals surface area contributed by atoms with Gasteiger partial charge in [-0.3, -0.25) is 4.79 Å². The maximum absolute atomic E-state index is 12.3. The number of anilines is 2. The van der Waals surface area contributed by atoms with Gasteiger partial charge >= 0.3 is 0 Å². The first-order valence-electron chi connectivity index (χ1n) is 8.40. The number of carbonyl (C=O) groups is 1. The van der Waals surface area contributed by atoms with Crippen LogP contribution < -0.4 is 10.6 Å². The SMILES string of the molecule is CCN(CC)CCCNC(=O)c1sc(Nc2ccc(Cl)cn2)nc1C. The van der Waals surface area contributed by atoms with E-state index in [9.17, 15) is 4.79 Å². The van der Waals surface area contributed by atoms with Gasteiger partial charge in [0.05, 0.1) is 10.7 Å². The molecule has 0 atom stereocenters. The van der Waals surface area contributed by atoms with Crippen molar-refractivity contribution in [3.05, 3.63) is 33.9 Å². The number of thiazole rings is 1. The second-order valence-electron chi connectivity index (χ2n) is 5.56. The molecule has 0 aliphatic rings. The zero-order valence-electron chi connectivity index (χ0n) is 14.8. The number of aryl methyl sites for hydroxylation is 1. The molecule has 0 saturated carbocycles. The predicted octanol–water partition coefficient (Wildman–Crippen LogP) is 3.71. The Balaban J connectivity index is 1.88. The zero-order chi connectivity index (χ0) is 18.2. The number of carbonyl (C=O) groups excluding carboxylic acids is 1. The van der Waals surface area contributed by atoms with Gasteiger partial charge in [0.2, 0.25) is 0 Å². The van der Waals surface area contributed by atoms with Crippen LogP contribution in [-0.4, -0.2) is 47.0 Å². The molecule has 0 aliphatic heterocycles. The molecule has 0 aliphatic carbocycles. The van der Waals surface area contributed by atoms with Crippen molar-refractivity contribution < 1.29 is 4.79 Å². The number of aromatic nitrogens is 2. The highest BCUT2D eigenvalue weighted by atomic mass is 35.5. The second kappa shape index (κ2) is 9.70. The van der Waals surface area contributed by atoms with Gasteiger partial charge in [0.25, 0.3) is 5.91 Å². The molecule has 0 aromatic carbocycles. The Labute approximate surface area is 157 Å². The average molecular weight is 382 g/mol. The summed E-state index contributed by atoms with van der Waals surface area (Å²) < 4.78 is 0. The lowest BCUT2D eigenvalue weighted by Gasteiger charge is -2.17. The molecule has 6 nitrogen and oxygen atoms in total. The van der Waals surface area contributed by atoms with Crippen molar-refractivity contribution >= 4 is 39.8 Å². The normalized spacial score (nSPS) is 10.9. The summed E-state index contributed by atoms with van der Waals surface area (Å²) in [6, 6.07) is 3.52. The number of halogens is 1. The quantitative estimate of drug-likeness (QED) is 0.648. The minimum Gasteiger partial charge on any atom is -0.351 e. The number of nitrogens with one attached hydrogen (secondary N) is 2. The molecule has 0 unspecified atom stereocenters. The van der Waals surface area contributed by atoms with Crippen LogP contribution in [0.1, 0.15) is 35.6 Å². The van der Waals surface area contributed by atoms with E-state index in [0.717, 1.165) is 26.1 Å². The highest BCUT2D eigenvalue weighted by molar-refractivity contribution is 7.17. The smallest absolute Gasteiger partial charge is 0.263 e. The van der Waals surface area contributed by atoms with Gasteiger partial charge in [-0.25, -0.2) is 9.97 Å². The summed E-state index contributed by atoms with van der Waals surface area (Å²) in [4.78, 5) is 23.9. The minimum atomic E-state index is -0.0772. The Morgan fingerprint density at radius 3 is 2.72 bits per heavy atom. The van der Waals surface area contributed by atoms with E-state index in [1.54, 1.807) is 18.3 Å². The Morgan fingerprint density at radius 1 is 1.32 bits per heavy atom. The molecule has 2 aromatic heterocycles. The lowest BCUT2D eigenvalue weighted by atomic mass is 10.3. The zero-order valence-corrected chi connectivity index (χ0v) is 16.4. The molecule has 0 saturated heterocycles. The largest absolute Gasteiger partial charge is 0.351 e. The van der Waals surface area contributed by atoms with E-state index in [0.29, 0.717) is 33.1 Å². The van der Waals surface area contributed by atoms with Gasteiger partial charge in [-0.2, -0.15) is 0 Å². The number of hydrogen-bond donors (Lipinski definition) is 2. The van der Waals surface area contributed by atoms with Crippen molar-refractivity contribution in [3.63, 3.8) is 0 Å². The Bertz CT molecular complexity index is 685. The van der Waals surface area contributed by atoms with E-state index in [1.165, 1.54) is 11.3 Å². The summed E-state index contributed by atoms with van der Waals surface area (Å²) in [7, 11) is 0. The molecule has 0 fully saturated rings. The molecular formula is C17H24ClN5OS. The lowest BCUT2D eigenvalue weighted by molar-refractivity contribution is 0.0955. The summed E-state index contributed by atoms with van der Waals surface area (Å²) in [6.07, 6.45) is 2.50. The van der Waals surface area contributed by atoms with Gasteiger partial charge in [-0.15, -0.1) is 0 Å². The summed E-state index contributed by atoms with van der Waals surface area (Å²) in [6.45, 7) is 9.85. The van der Waals surface area contributed by atoms with Crippen LogP contribution in [-0.2, 0) is 0 Å².